The standard InChI is InChI=1S/C22H22N2O4/c1-24-18(22(26)28-3)12-16-15-6-4-5-7-17(15)23-19(16)20(24)13-8-10-14(11-9-13)21(25)27-2/h4-11,18,20,23H,12H2,1-3H3/t18-,20+/m1/s1. The van der Waals surface area contributed by atoms with Crippen LogP contribution in [0.3, 0.4) is 0 Å². The van der Waals surface area contributed by atoms with Gasteiger partial charge in [0.15, 0.2) is 0 Å². The zero-order valence-corrected chi connectivity index (χ0v) is 16.1. The lowest BCUT2D eigenvalue weighted by atomic mass is 9.88. The molecule has 0 aliphatic carbocycles. The Morgan fingerprint density at radius 3 is 2.43 bits per heavy atom. The molecule has 0 radical (unpaired) electrons. The van der Waals surface area contributed by atoms with Gasteiger partial charge in [0.1, 0.15) is 6.04 Å². The molecule has 1 aliphatic heterocycles. The summed E-state index contributed by atoms with van der Waals surface area (Å²) in [4.78, 5) is 29.8. The first-order valence-electron chi connectivity index (χ1n) is 9.12. The first-order chi connectivity index (χ1) is 13.5. The number of carbonyl (C=O) groups is 2. The third-order valence-corrected chi connectivity index (χ3v) is 5.54. The molecule has 0 saturated carbocycles. The third-order valence-electron chi connectivity index (χ3n) is 5.54. The van der Waals surface area contributed by atoms with Gasteiger partial charge in [0.2, 0.25) is 0 Å². The molecule has 0 saturated heterocycles. The first-order valence-corrected chi connectivity index (χ1v) is 9.12. The fourth-order valence-corrected chi connectivity index (χ4v) is 4.10. The molecule has 0 unspecified atom stereocenters. The maximum absolute atomic E-state index is 12.5. The Morgan fingerprint density at radius 2 is 1.75 bits per heavy atom. The van der Waals surface area contributed by atoms with Gasteiger partial charge >= 0.3 is 11.9 Å². The van der Waals surface area contributed by atoms with Crippen molar-refractivity contribution in [2.75, 3.05) is 21.3 Å². The maximum atomic E-state index is 12.5. The van der Waals surface area contributed by atoms with Gasteiger partial charge in [-0.05, 0) is 36.4 Å². The molecule has 6 heteroatoms. The van der Waals surface area contributed by atoms with Crippen LogP contribution in [0.1, 0.15) is 33.2 Å². The number of nitrogens with zero attached hydrogens (tertiary/aromatic N) is 1. The van der Waals surface area contributed by atoms with Crippen LogP contribution in [-0.4, -0.2) is 49.1 Å². The van der Waals surface area contributed by atoms with Gasteiger partial charge in [0.05, 0.1) is 25.8 Å². The number of benzene rings is 2. The number of fused-ring (bicyclic) bond motifs is 3. The fourth-order valence-electron chi connectivity index (χ4n) is 4.10. The minimum absolute atomic E-state index is 0.160. The van der Waals surface area contributed by atoms with Crippen LogP contribution in [0.15, 0.2) is 48.5 Å². The lowest BCUT2D eigenvalue weighted by Crippen LogP contribution is -2.46. The van der Waals surface area contributed by atoms with Gasteiger partial charge in [-0.1, -0.05) is 30.3 Å². The summed E-state index contributed by atoms with van der Waals surface area (Å²) >= 11 is 0. The highest BCUT2D eigenvalue weighted by Crippen LogP contribution is 2.40. The average molecular weight is 378 g/mol. The fraction of sp³-hybridized carbons (Fsp3) is 0.273. The van der Waals surface area contributed by atoms with Crippen molar-refractivity contribution < 1.29 is 19.1 Å². The summed E-state index contributed by atoms with van der Waals surface area (Å²) in [5.41, 5.74) is 4.71. The van der Waals surface area contributed by atoms with Crippen LogP contribution in [-0.2, 0) is 20.7 Å². The Morgan fingerprint density at radius 1 is 1.04 bits per heavy atom. The highest BCUT2D eigenvalue weighted by atomic mass is 16.5. The molecule has 2 heterocycles. The van der Waals surface area contributed by atoms with E-state index in [1.54, 1.807) is 12.1 Å². The van der Waals surface area contributed by atoms with Crippen molar-refractivity contribution in [3.63, 3.8) is 0 Å². The number of para-hydroxylation sites is 1. The van der Waals surface area contributed by atoms with Crippen LogP contribution in [0.2, 0.25) is 0 Å². The molecule has 0 bridgehead atoms. The van der Waals surface area contributed by atoms with Crippen LogP contribution in [0.5, 0.6) is 0 Å². The molecule has 144 valence electrons. The SMILES string of the molecule is COC(=O)c1ccc([C@H]2c3[nH]c4ccccc4c3C[C@H](C(=O)OC)N2C)cc1. The van der Waals surface area contributed by atoms with Gasteiger partial charge in [-0.15, -0.1) is 0 Å². The first kappa shape index (κ1) is 18.3. The number of aromatic amines is 1. The quantitative estimate of drug-likeness (QED) is 0.709. The molecule has 1 N–H and O–H groups in total. The van der Waals surface area contributed by atoms with E-state index in [1.807, 2.05) is 42.3 Å². The van der Waals surface area contributed by atoms with E-state index < -0.39 is 0 Å². The number of methoxy groups -OCH3 is 2. The van der Waals surface area contributed by atoms with E-state index in [9.17, 15) is 9.59 Å². The topological polar surface area (TPSA) is 71.6 Å². The third kappa shape index (κ3) is 2.86. The molecule has 28 heavy (non-hydrogen) atoms. The molecule has 0 spiro atoms. The summed E-state index contributed by atoms with van der Waals surface area (Å²) < 4.78 is 9.85. The second-order valence-corrected chi connectivity index (χ2v) is 6.99. The number of hydrogen-bond donors (Lipinski definition) is 1. The number of aromatic nitrogens is 1. The molecule has 2 aromatic carbocycles. The number of carbonyl (C=O) groups excluding carboxylic acids is 2. The predicted octanol–water partition coefficient (Wildman–Crippen LogP) is 3.07. The molecule has 3 aromatic rings. The van der Waals surface area contributed by atoms with Crippen molar-refractivity contribution in [1.82, 2.24) is 9.88 Å². The second-order valence-electron chi connectivity index (χ2n) is 6.99. The van der Waals surface area contributed by atoms with Crippen molar-refractivity contribution in [3.8, 4) is 0 Å². The van der Waals surface area contributed by atoms with E-state index in [4.69, 9.17) is 9.47 Å². The molecule has 1 aliphatic rings. The van der Waals surface area contributed by atoms with E-state index >= 15 is 0 Å². The Balaban J connectivity index is 1.85. The van der Waals surface area contributed by atoms with E-state index in [2.05, 4.69) is 11.1 Å². The van der Waals surface area contributed by atoms with Gasteiger partial charge in [-0.25, -0.2) is 4.79 Å². The van der Waals surface area contributed by atoms with Crippen molar-refractivity contribution >= 4 is 22.8 Å². The average Bonchev–Trinajstić information content (AvgIpc) is 3.10. The van der Waals surface area contributed by atoms with E-state index in [1.165, 1.54) is 14.2 Å². The molecule has 1 aromatic heterocycles. The second kappa shape index (κ2) is 7.13. The van der Waals surface area contributed by atoms with E-state index in [-0.39, 0.29) is 24.0 Å². The summed E-state index contributed by atoms with van der Waals surface area (Å²) in [5.74, 6) is -0.628. The van der Waals surface area contributed by atoms with Crippen molar-refractivity contribution in [2.45, 2.75) is 18.5 Å². The van der Waals surface area contributed by atoms with Crippen LogP contribution in [0.25, 0.3) is 10.9 Å². The van der Waals surface area contributed by atoms with Crippen molar-refractivity contribution in [1.29, 1.82) is 0 Å². The normalized spacial score (nSPS) is 19.2. The highest BCUT2D eigenvalue weighted by Gasteiger charge is 2.39. The van der Waals surface area contributed by atoms with Crippen LogP contribution >= 0.6 is 0 Å². The van der Waals surface area contributed by atoms with E-state index in [0.717, 1.165) is 27.7 Å². The minimum atomic E-state index is -0.387. The van der Waals surface area contributed by atoms with Crippen molar-refractivity contribution in [2.24, 2.45) is 0 Å². The zero-order chi connectivity index (χ0) is 19.8. The number of nitrogens with one attached hydrogen (secondary N) is 1. The molecule has 6 nitrogen and oxygen atoms in total. The molecular weight excluding hydrogens is 356 g/mol. The number of H-pyrrole nitrogens is 1. The van der Waals surface area contributed by atoms with Crippen LogP contribution in [0, 0.1) is 0 Å². The highest BCUT2D eigenvalue weighted by molar-refractivity contribution is 5.89. The maximum Gasteiger partial charge on any atom is 0.337 e. The predicted molar refractivity (Wildman–Crippen MR) is 105 cm³/mol. The number of ether oxygens (including phenoxy) is 2. The molecule has 0 amide bonds. The lowest BCUT2D eigenvalue weighted by Gasteiger charge is -2.38. The van der Waals surface area contributed by atoms with Crippen LogP contribution < -0.4 is 0 Å². The number of esters is 2. The summed E-state index contributed by atoms with van der Waals surface area (Å²) in [6, 6.07) is 14.9. The van der Waals surface area contributed by atoms with Crippen molar-refractivity contribution in [3.05, 3.63) is 70.9 Å². The van der Waals surface area contributed by atoms with Gasteiger partial charge in [0.25, 0.3) is 0 Å². The monoisotopic (exact) mass is 378 g/mol. The van der Waals surface area contributed by atoms with Gasteiger partial charge in [-0.3, -0.25) is 9.69 Å². The summed E-state index contributed by atoms with van der Waals surface area (Å²) in [7, 11) is 4.71. The number of rotatable bonds is 3. The van der Waals surface area contributed by atoms with Gasteiger partial charge in [-0.2, -0.15) is 0 Å². The zero-order valence-electron chi connectivity index (χ0n) is 16.1. The molecule has 4 rings (SSSR count). The summed E-state index contributed by atoms with van der Waals surface area (Å²) in [5, 5.41) is 1.12. The van der Waals surface area contributed by atoms with Crippen LogP contribution in [0.4, 0.5) is 0 Å². The minimum Gasteiger partial charge on any atom is -0.468 e. The van der Waals surface area contributed by atoms with Gasteiger partial charge < -0.3 is 14.5 Å². The number of hydrogen-bond acceptors (Lipinski definition) is 5. The Hall–Kier alpha value is -3.12. The summed E-state index contributed by atoms with van der Waals surface area (Å²) in [6.07, 6.45) is 0.583. The molecule has 0 fully saturated rings. The molecule has 2 atom stereocenters. The Labute approximate surface area is 163 Å². The summed E-state index contributed by atoms with van der Waals surface area (Å²) in [6.45, 7) is 0. The Kier molecular flexibility index (Phi) is 4.65. The lowest BCUT2D eigenvalue weighted by molar-refractivity contribution is -0.147. The smallest absolute Gasteiger partial charge is 0.337 e. The molecular formula is C22H22N2O4. The van der Waals surface area contributed by atoms with E-state index in [0.29, 0.717) is 12.0 Å². The number of likely N-dealkylation sites (N-methyl/N-ethyl adjacent to an activating group) is 1. The van der Waals surface area contributed by atoms with Gasteiger partial charge in [0, 0.05) is 23.0 Å². The Bertz CT molecular complexity index is 1040. The largest absolute Gasteiger partial charge is 0.468 e.